The molecule has 3 rings (SSSR count). The lowest BCUT2D eigenvalue weighted by Gasteiger charge is -2.38. The van der Waals surface area contributed by atoms with Gasteiger partial charge in [0.2, 0.25) is 5.91 Å². The highest BCUT2D eigenvalue weighted by molar-refractivity contribution is 5.83. The van der Waals surface area contributed by atoms with Gasteiger partial charge in [-0.15, -0.1) is 0 Å². The van der Waals surface area contributed by atoms with Crippen LogP contribution in [-0.2, 0) is 16.1 Å². The molecule has 5 heteroatoms. The first-order valence-corrected chi connectivity index (χ1v) is 8.02. The summed E-state index contributed by atoms with van der Waals surface area (Å²) in [6.45, 7) is 3.93. The van der Waals surface area contributed by atoms with E-state index < -0.39 is 5.41 Å². The summed E-state index contributed by atoms with van der Waals surface area (Å²) in [5.41, 5.74) is 7.98. The summed E-state index contributed by atoms with van der Waals surface area (Å²) in [5, 5.41) is 0. The number of nitrogens with two attached hydrogens (primary N) is 1. The zero-order valence-corrected chi connectivity index (χ0v) is 13.3. The lowest BCUT2D eigenvalue weighted by molar-refractivity contribution is -0.147. The molecule has 22 heavy (non-hydrogen) atoms. The standard InChI is InChI=1S/C17H25N3O2/c1-19-8-9-20(12-14-4-2-3-5-15(14)19)16(21)17(13-18)6-10-22-11-7-17/h2-5H,6-13,18H2,1H3. The van der Waals surface area contributed by atoms with E-state index in [0.717, 1.165) is 25.9 Å². The van der Waals surface area contributed by atoms with Gasteiger partial charge < -0.3 is 20.3 Å². The highest BCUT2D eigenvalue weighted by Gasteiger charge is 2.41. The number of likely N-dealkylation sites (N-methyl/N-ethyl adjacent to an activating group) is 1. The molecule has 0 aromatic heterocycles. The summed E-state index contributed by atoms with van der Waals surface area (Å²) in [6.07, 6.45) is 1.46. The Labute approximate surface area is 132 Å². The first-order valence-electron chi connectivity index (χ1n) is 8.02. The largest absolute Gasteiger partial charge is 0.381 e. The molecule has 1 saturated heterocycles. The molecule has 1 aromatic rings. The zero-order chi connectivity index (χ0) is 15.6. The zero-order valence-electron chi connectivity index (χ0n) is 13.3. The Morgan fingerprint density at radius 3 is 2.73 bits per heavy atom. The molecule has 0 radical (unpaired) electrons. The topological polar surface area (TPSA) is 58.8 Å². The van der Waals surface area contributed by atoms with Crippen molar-refractivity contribution in [2.75, 3.05) is 44.8 Å². The second kappa shape index (κ2) is 6.26. The molecule has 0 aliphatic carbocycles. The molecule has 120 valence electrons. The number of para-hydroxylation sites is 1. The third kappa shape index (κ3) is 2.71. The molecular formula is C17H25N3O2. The number of anilines is 1. The maximum atomic E-state index is 13.1. The highest BCUT2D eigenvalue weighted by atomic mass is 16.5. The van der Waals surface area contributed by atoms with E-state index in [2.05, 4.69) is 24.1 Å². The monoisotopic (exact) mass is 303 g/mol. The summed E-state index contributed by atoms with van der Waals surface area (Å²) in [4.78, 5) is 17.4. The normalized spacial score (nSPS) is 21.2. The lowest BCUT2D eigenvalue weighted by atomic mass is 9.78. The average molecular weight is 303 g/mol. The van der Waals surface area contributed by atoms with Crippen molar-refractivity contribution >= 4 is 11.6 Å². The SMILES string of the molecule is CN1CCN(C(=O)C2(CN)CCOCC2)Cc2ccccc21. The molecule has 2 aliphatic heterocycles. The van der Waals surface area contributed by atoms with E-state index in [-0.39, 0.29) is 5.91 Å². The molecule has 0 atom stereocenters. The first kappa shape index (κ1) is 15.3. The van der Waals surface area contributed by atoms with Gasteiger partial charge in [-0.25, -0.2) is 0 Å². The van der Waals surface area contributed by atoms with Crippen LogP contribution in [0, 0.1) is 5.41 Å². The lowest BCUT2D eigenvalue weighted by Crippen LogP contribution is -2.51. The number of carbonyl (C=O) groups is 1. The molecule has 2 aliphatic rings. The van der Waals surface area contributed by atoms with Crippen LogP contribution in [0.15, 0.2) is 24.3 Å². The third-order valence-electron chi connectivity index (χ3n) is 5.05. The Hall–Kier alpha value is -1.59. The van der Waals surface area contributed by atoms with E-state index in [1.165, 1.54) is 11.3 Å². The Kier molecular flexibility index (Phi) is 4.36. The van der Waals surface area contributed by atoms with Crippen LogP contribution < -0.4 is 10.6 Å². The number of hydrogen-bond donors (Lipinski definition) is 1. The van der Waals surface area contributed by atoms with Gasteiger partial charge in [0.05, 0.1) is 5.41 Å². The van der Waals surface area contributed by atoms with Crippen LogP contribution >= 0.6 is 0 Å². The van der Waals surface area contributed by atoms with Gasteiger partial charge in [-0.05, 0) is 24.5 Å². The Bertz CT molecular complexity index is 540. The fraction of sp³-hybridized carbons (Fsp3) is 0.588. The van der Waals surface area contributed by atoms with Gasteiger partial charge in [-0.2, -0.15) is 0 Å². The minimum atomic E-state index is -0.434. The van der Waals surface area contributed by atoms with E-state index in [0.29, 0.717) is 26.3 Å². The predicted octanol–water partition coefficient (Wildman–Crippen LogP) is 1.22. The summed E-state index contributed by atoms with van der Waals surface area (Å²) in [5.74, 6) is 0.198. The van der Waals surface area contributed by atoms with Gasteiger partial charge in [-0.1, -0.05) is 18.2 Å². The van der Waals surface area contributed by atoms with Gasteiger partial charge in [0.25, 0.3) is 0 Å². The van der Waals surface area contributed by atoms with Gasteiger partial charge >= 0.3 is 0 Å². The fourth-order valence-electron chi connectivity index (χ4n) is 3.47. The van der Waals surface area contributed by atoms with E-state index in [1.807, 2.05) is 17.0 Å². The summed E-state index contributed by atoms with van der Waals surface area (Å²) in [7, 11) is 2.08. The number of amides is 1. The smallest absolute Gasteiger partial charge is 0.230 e. The number of nitrogens with zero attached hydrogens (tertiary/aromatic N) is 2. The Morgan fingerprint density at radius 2 is 2.00 bits per heavy atom. The second-order valence-corrected chi connectivity index (χ2v) is 6.37. The number of fused-ring (bicyclic) bond motifs is 1. The van der Waals surface area contributed by atoms with Crippen LogP contribution in [0.3, 0.4) is 0 Å². The van der Waals surface area contributed by atoms with Crippen molar-refractivity contribution in [3.8, 4) is 0 Å². The van der Waals surface area contributed by atoms with Gasteiger partial charge in [0.1, 0.15) is 0 Å². The minimum Gasteiger partial charge on any atom is -0.381 e. The first-order chi connectivity index (χ1) is 10.7. The number of benzene rings is 1. The van der Waals surface area contributed by atoms with E-state index in [4.69, 9.17) is 10.5 Å². The van der Waals surface area contributed by atoms with Crippen LogP contribution in [0.4, 0.5) is 5.69 Å². The van der Waals surface area contributed by atoms with E-state index in [1.54, 1.807) is 0 Å². The summed E-state index contributed by atoms with van der Waals surface area (Å²) in [6, 6.07) is 8.31. The molecule has 2 N–H and O–H groups in total. The molecular weight excluding hydrogens is 278 g/mol. The number of carbonyl (C=O) groups excluding carboxylic acids is 1. The van der Waals surface area contributed by atoms with Crippen LogP contribution in [0.25, 0.3) is 0 Å². The third-order valence-corrected chi connectivity index (χ3v) is 5.05. The number of hydrogen-bond acceptors (Lipinski definition) is 4. The van der Waals surface area contributed by atoms with Gasteiger partial charge in [-0.3, -0.25) is 4.79 Å². The molecule has 5 nitrogen and oxygen atoms in total. The van der Waals surface area contributed by atoms with Crippen LogP contribution in [0.1, 0.15) is 18.4 Å². The van der Waals surface area contributed by atoms with Gasteiger partial charge in [0, 0.05) is 52.1 Å². The van der Waals surface area contributed by atoms with Crippen LogP contribution in [-0.4, -0.2) is 50.7 Å². The number of rotatable bonds is 2. The molecule has 0 bridgehead atoms. The molecule has 0 unspecified atom stereocenters. The van der Waals surface area contributed by atoms with Crippen molar-refractivity contribution in [1.82, 2.24) is 4.90 Å². The van der Waals surface area contributed by atoms with Crippen LogP contribution in [0.2, 0.25) is 0 Å². The summed E-state index contributed by atoms with van der Waals surface area (Å²) < 4.78 is 5.43. The molecule has 2 heterocycles. The molecule has 0 spiro atoms. The van der Waals surface area contributed by atoms with E-state index in [9.17, 15) is 4.79 Å². The maximum Gasteiger partial charge on any atom is 0.230 e. The van der Waals surface area contributed by atoms with Crippen molar-refractivity contribution in [2.24, 2.45) is 11.1 Å². The molecule has 1 fully saturated rings. The fourth-order valence-corrected chi connectivity index (χ4v) is 3.47. The van der Waals surface area contributed by atoms with Crippen molar-refractivity contribution in [2.45, 2.75) is 19.4 Å². The Morgan fingerprint density at radius 1 is 1.27 bits per heavy atom. The maximum absolute atomic E-state index is 13.1. The molecule has 1 aromatic carbocycles. The van der Waals surface area contributed by atoms with Crippen LogP contribution in [0.5, 0.6) is 0 Å². The van der Waals surface area contributed by atoms with Gasteiger partial charge in [0.15, 0.2) is 0 Å². The Balaban J connectivity index is 1.84. The minimum absolute atomic E-state index is 0.198. The van der Waals surface area contributed by atoms with Crippen molar-refractivity contribution in [3.05, 3.63) is 29.8 Å². The van der Waals surface area contributed by atoms with Crippen molar-refractivity contribution in [1.29, 1.82) is 0 Å². The molecule has 0 saturated carbocycles. The quantitative estimate of drug-likeness (QED) is 0.892. The second-order valence-electron chi connectivity index (χ2n) is 6.37. The van der Waals surface area contributed by atoms with Crippen molar-refractivity contribution < 1.29 is 9.53 Å². The predicted molar refractivity (Wildman–Crippen MR) is 86.7 cm³/mol. The summed E-state index contributed by atoms with van der Waals surface area (Å²) >= 11 is 0. The number of ether oxygens (including phenoxy) is 1. The van der Waals surface area contributed by atoms with Crippen molar-refractivity contribution in [3.63, 3.8) is 0 Å². The molecule has 1 amide bonds. The highest BCUT2D eigenvalue weighted by Crippen LogP contribution is 2.33. The average Bonchev–Trinajstić information content (AvgIpc) is 2.74. The van der Waals surface area contributed by atoms with E-state index >= 15 is 0 Å².